The van der Waals surface area contributed by atoms with Crippen LogP contribution in [0.25, 0.3) is 0 Å². The van der Waals surface area contributed by atoms with Gasteiger partial charge < -0.3 is 14.8 Å². The molecule has 0 radical (unpaired) electrons. The van der Waals surface area contributed by atoms with Crippen LogP contribution in [-0.2, 0) is 24.5 Å². The Morgan fingerprint density at radius 1 is 1.21 bits per heavy atom. The second-order valence-electron chi connectivity index (χ2n) is 8.45. The first-order chi connectivity index (χ1) is 13.0. The van der Waals surface area contributed by atoms with Gasteiger partial charge in [-0.05, 0) is 77.4 Å². The highest BCUT2D eigenvalue weighted by molar-refractivity contribution is 6.09. The van der Waals surface area contributed by atoms with Crippen LogP contribution >= 0.6 is 0 Å². The van der Waals surface area contributed by atoms with E-state index in [2.05, 4.69) is 5.32 Å². The molecule has 0 bridgehead atoms. The number of anilines is 1. The minimum Gasteiger partial charge on any atom is -0.456 e. The predicted octanol–water partition coefficient (Wildman–Crippen LogP) is 2.52. The van der Waals surface area contributed by atoms with Gasteiger partial charge in [0.2, 0.25) is 5.91 Å². The summed E-state index contributed by atoms with van der Waals surface area (Å²) in [7, 11) is 0. The number of nitrogens with one attached hydrogen (secondary N) is 1. The van der Waals surface area contributed by atoms with Gasteiger partial charge in [0, 0.05) is 6.92 Å². The Morgan fingerprint density at radius 2 is 1.86 bits per heavy atom. The molecule has 1 amide bonds. The summed E-state index contributed by atoms with van der Waals surface area (Å²) < 4.78 is 10.8. The monoisotopic (exact) mass is 388 g/mol. The van der Waals surface area contributed by atoms with E-state index in [0.29, 0.717) is 37.2 Å². The van der Waals surface area contributed by atoms with E-state index in [1.165, 1.54) is 6.92 Å². The lowest BCUT2D eigenvalue weighted by atomic mass is 9.74. The van der Waals surface area contributed by atoms with Crippen LogP contribution in [0.5, 0.6) is 0 Å². The Morgan fingerprint density at radius 3 is 2.43 bits per heavy atom. The van der Waals surface area contributed by atoms with Gasteiger partial charge in [0.1, 0.15) is 5.60 Å². The largest absolute Gasteiger partial charge is 0.456 e. The van der Waals surface area contributed by atoms with Gasteiger partial charge in [-0.15, -0.1) is 0 Å². The Labute approximate surface area is 165 Å². The maximum Gasteiger partial charge on any atom is 0.338 e. The predicted molar refractivity (Wildman–Crippen MR) is 104 cm³/mol. The third-order valence-corrected chi connectivity index (χ3v) is 5.19. The number of esters is 2. The molecule has 1 N–H and O–H groups in total. The Bertz CT molecular complexity index is 806. The van der Waals surface area contributed by atoms with Crippen molar-refractivity contribution in [3.8, 4) is 0 Å². The summed E-state index contributed by atoms with van der Waals surface area (Å²) in [5.74, 6) is -0.948. The average molecular weight is 388 g/mol. The van der Waals surface area contributed by atoms with Crippen molar-refractivity contribution in [2.75, 3.05) is 18.0 Å². The summed E-state index contributed by atoms with van der Waals surface area (Å²) in [6.07, 6.45) is 0.533. The molecule has 152 valence electrons. The number of rotatable bonds is 3. The lowest BCUT2D eigenvalue weighted by Gasteiger charge is -2.34. The lowest BCUT2D eigenvalue weighted by Crippen LogP contribution is -2.50. The zero-order chi connectivity index (χ0) is 20.7. The quantitative estimate of drug-likeness (QED) is 0.801. The molecule has 7 nitrogen and oxygen atoms in total. The van der Waals surface area contributed by atoms with Crippen LogP contribution in [0.15, 0.2) is 18.2 Å². The second-order valence-corrected chi connectivity index (χ2v) is 8.45. The molecule has 0 aliphatic carbocycles. The van der Waals surface area contributed by atoms with Crippen molar-refractivity contribution in [1.29, 1.82) is 0 Å². The number of benzene rings is 1. The molecule has 0 saturated carbocycles. The molecule has 0 aromatic heterocycles. The van der Waals surface area contributed by atoms with Gasteiger partial charge in [0.05, 0.1) is 16.7 Å². The number of amides is 1. The second kappa shape index (κ2) is 7.20. The minimum absolute atomic E-state index is 0.0842. The first kappa shape index (κ1) is 20.3. The average Bonchev–Trinajstić information content (AvgIpc) is 2.82. The molecule has 2 aliphatic heterocycles. The number of carbonyl (C=O) groups excluding carboxylic acids is 3. The van der Waals surface area contributed by atoms with E-state index in [-0.39, 0.29) is 5.91 Å². The van der Waals surface area contributed by atoms with Crippen molar-refractivity contribution >= 4 is 23.5 Å². The molecular weight excluding hydrogens is 360 g/mol. The fraction of sp³-hybridized carbons (Fsp3) is 0.571. The van der Waals surface area contributed by atoms with E-state index in [0.717, 1.165) is 5.56 Å². The number of fused-ring (bicyclic) bond motifs is 2. The van der Waals surface area contributed by atoms with Gasteiger partial charge in [-0.3, -0.25) is 14.5 Å². The van der Waals surface area contributed by atoms with E-state index in [9.17, 15) is 14.4 Å². The topological polar surface area (TPSA) is 84.9 Å². The van der Waals surface area contributed by atoms with E-state index in [4.69, 9.17) is 9.47 Å². The van der Waals surface area contributed by atoms with Crippen LogP contribution in [0.3, 0.4) is 0 Å². The van der Waals surface area contributed by atoms with Gasteiger partial charge in [0.15, 0.2) is 6.23 Å². The van der Waals surface area contributed by atoms with E-state index in [1.54, 1.807) is 30.0 Å². The fourth-order valence-electron chi connectivity index (χ4n) is 4.04. The van der Waals surface area contributed by atoms with Gasteiger partial charge >= 0.3 is 11.9 Å². The molecule has 3 rings (SSSR count). The van der Waals surface area contributed by atoms with Crippen LogP contribution < -0.4 is 10.2 Å². The van der Waals surface area contributed by atoms with Crippen LogP contribution in [0, 0.1) is 0 Å². The third-order valence-electron chi connectivity index (χ3n) is 5.19. The smallest absolute Gasteiger partial charge is 0.338 e. The summed E-state index contributed by atoms with van der Waals surface area (Å²) in [4.78, 5) is 39.0. The van der Waals surface area contributed by atoms with Gasteiger partial charge in [-0.1, -0.05) is 0 Å². The minimum atomic E-state index is -0.717. The molecule has 1 unspecified atom stereocenters. The molecular formula is C21H28N2O5. The molecule has 1 aromatic carbocycles. The number of nitrogens with zero attached hydrogens (tertiary/aromatic N) is 1. The summed E-state index contributed by atoms with van der Waals surface area (Å²) in [5, 5.41) is 3.28. The summed E-state index contributed by atoms with van der Waals surface area (Å²) >= 11 is 0. The van der Waals surface area contributed by atoms with Crippen LogP contribution in [0.2, 0.25) is 0 Å². The number of carbonyl (C=O) groups is 3. The van der Waals surface area contributed by atoms with E-state index in [1.807, 2.05) is 20.8 Å². The SMILES string of the molecule is CC(=O)OC(C)N1C(=O)C2(CCNCC2)c2cc(C(=O)OC(C)(C)C)ccc21. The highest BCUT2D eigenvalue weighted by Gasteiger charge is 2.53. The molecule has 7 heteroatoms. The highest BCUT2D eigenvalue weighted by Crippen LogP contribution is 2.48. The molecule has 1 spiro atoms. The van der Waals surface area contributed by atoms with Crippen molar-refractivity contribution < 1.29 is 23.9 Å². The van der Waals surface area contributed by atoms with Crippen LogP contribution in [-0.4, -0.2) is 42.8 Å². The number of hydrogen-bond donors (Lipinski definition) is 1. The van der Waals surface area contributed by atoms with Gasteiger partial charge in [-0.2, -0.15) is 0 Å². The number of ether oxygens (including phenoxy) is 2. The summed E-state index contributed by atoms with van der Waals surface area (Å²) in [6.45, 7) is 9.87. The van der Waals surface area contributed by atoms with Crippen molar-refractivity contribution in [3.05, 3.63) is 29.3 Å². The van der Waals surface area contributed by atoms with Crippen LogP contribution in [0.1, 0.15) is 63.4 Å². The van der Waals surface area contributed by atoms with Crippen molar-refractivity contribution in [2.45, 2.75) is 64.7 Å². The van der Waals surface area contributed by atoms with Crippen molar-refractivity contribution in [2.24, 2.45) is 0 Å². The first-order valence-electron chi connectivity index (χ1n) is 9.65. The van der Waals surface area contributed by atoms with Gasteiger partial charge in [0.25, 0.3) is 0 Å². The third kappa shape index (κ3) is 3.63. The molecule has 1 atom stereocenters. The normalized spacial score (nSPS) is 19.3. The molecule has 1 aromatic rings. The van der Waals surface area contributed by atoms with Gasteiger partial charge in [-0.25, -0.2) is 4.79 Å². The van der Waals surface area contributed by atoms with E-state index >= 15 is 0 Å². The molecule has 1 saturated heterocycles. The molecule has 2 aliphatic rings. The Kier molecular flexibility index (Phi) is 5.23. The molecule has 1 fully saturated rings. The molecule has 2 heterocycles. The molecule has 28 heavy (non-hydrogen) atoms. The summed E-state index contributed by atoms with van der Waals surface area (Å²) in [5.41, 5.74) is 0.594. The highest BCUT2D eigenvalue weighted by atomic mass is 16.6. The van der Waals surface area contributed by atoms with Crippen molar-refractivity contribution in [3.63, 3.8) is 0 Å². The van der Waals surface area contributed by atoms with Crippen molar-refractivity contribution in [1.82, 2.24) is 5.32 Å². The Balaban J connectivity index is 2.05. The summed E-state index contributed by atoms with van der Waals surface area (Å²) in [6, 6.07) is 5.18. The zero-order valence-corrected chi connectivity index (χ0v) is 17.1. The van der Waals surface area contributed by atoms with Crippen LogP contribution in [0.4, 0.5) is 5.69 Å². The fourth-order valence-corrected chi connectivity index (χ4v) is 4.04. The number of piperidine rings is 1. The maximum atomic E-state index is 13.5. The standard InChI is InChI=1S/C21H28N2O5/c1-13(27-14(2)24)23-17-7-6-15(18(25)28-20(3,4)5)12-16(17)21(19(23)26)8-10-22-11-9-21/h6-7,12-13,22H,8-11H2,1-5H3. The Hall–Kier alpha value is -2.41. The zero-order valence-electron chi connectivity index (χ0n) is 17.1. The van der Waals surface area contributed by atoms with E-state index < -0.39 is 29.2 Å². The first-order valence-corrected chi connectivity index (χ1v) is 9.65. The number of hydrogen-bond acceptors (Lipinski definition) is 6. The lowest BCUT2D eigenvalue weighted by molar-refractivity contribution is -0.146. The maximum absolute atomic E-state index is 13.5.